The van der Waals surface area contributed by atoms with Crippen LogP contribution < -0.4 is 0 Å². The number of hydrogen-bond acceptors (Lipinski definition) is 3. The second kappa shape index (κ2) is 35.0. The summed E-state index contributed by atoms with van der Waals surface area (Å²) in [5.41, 5.74) is 0. The Morgan fingerprint density at radius 1 is 0.463 bits per heavy atom. The topological polar surface area (TPSA) is 27.7 Å². The van der Waals surface area contributed by atoms with Gasteiger partial charge in [0.1, 0.15) is 13.6 Å². The van der Waals surface area contributed by atoms with E-state index in [-0.39, 0.29) is 0 Å². The Kier molecular flexibility index (Phi) is 34.0. The van der Waals surface area contributed by atoms with Gasteiger partial charge in [-0.15, -0.1) is 0 Å². The molecule has 0 saturated heterocycles. The third kappa shape index (κ3) is 31.6. The molecule has 0 aromatic rings. The number of allylic oxidation sites excluding steroid dienone is 6. The molecule has 0 aliphatic rings. The molecule has 2 unspecified atom stereocenters. The van der Waals surface area contributed by atoms with Gasteiger partial charge in [-0.2, -0.15) is 0 Å². The molecule has 0 heterocycles. The molecule has 0 fully saturated rings. The van der Waals surface area contributed by atoms with E-state index in [1.807, 2.05) is 12.2 Å². The zero-order chi connectivity index (χ0) is 29.9. The summed E-state index contributed by atoms with van der Waals surface area (Å²) in [7, 11) is 0. The van der Waals surface area contributed by atoms with Crippen molar-refractivity contribution in [1.29, 1.82) is 0 Å². The highest BCUT2D eigenvalue weighted by Crippen LogP contribution is 2.18. The van der Waals surface area contributed by atoms with Crippen molar-refractivity contribution in [3.63, 3.8) is 0 Å². The summed E-state index contributed by atoms with van der Waals surface area (Å²) < 4.78 is 18.2. The lowest BCUT2D eigenvalue weighted by Gasteiger charge is -2.20. The summed E-state index contributed by atoms with van der Waals surface area (Å²) in [6.45, 7) is 12.7. The predicted molar refractivity (Wildman–Crippen MR) is 181 cm³/mol. The van der Waals surface area contributed by atoms with Crippen LogP contribution >= 0.6 is 0 Å². The van der Waals surface area contributed by atoms with E-state index in [0.717, 1.165) is 25.7 Å². The van der Waals surface area contributed by atoms with E-state index >= 15 is 0 Å². The van der Waals surface area contributed by atoms with Crippen molar-refractivity contribution < 1.29 is 14.2 Å². The van der Waals surface area contributed by atoms with Gasteiger partial charge in [-0.1, -0.05) is 166 Å². The monoisotopic (exact) mass is 575 g/mol. The van der Waals surface area contributed by atoms with Gasteiger partial charge in [-0.25, -0.2) is 0 Å². The highest BCUT2D eigenvalue weighted by Gasteiger charge is 2.11. The second-order valence-corrected chi connectivity index (χ2v) is 11.7. The van der Waals surface area contributed by atoms with Crippen LogP contribution in [0, 0.1) is 0 Å². The van der Waals surface area contributed by atoms with Gasteiger partial charge in [-0.05, 0) is 51.4 Å². The fourth-order valence-corrected chi connectivity index (χ4v) is 5.26. The fourth-order valence-electron chi connectivity index (χ4n) is 5.26. The molecule has 0 aliphatic heterocycles. The molecule has 0 bridgehead atoms. The first-order valence-electron chi connectivity index (χ1n) is 17.6. The average molecular weight is 575 g/mol. The van der Waals surface area contributed by atoms with Crippen molar-refractivity contribution in [3.8, 4) is 0 Å². The fraction of sp³-hybridized carbons (Fsp3) is 0.789. The highest BCUT2D eigenvalue weighted by atomic mass is 16.7. The van der Waals surface area contributed by atoms with Crippen molar-refractivity contribution in [2.45, 2.75) is 180 Å². The molecule has 0 aliphatic carbocycles. The van der Waals surface area contributed by atoms with Crippen LogP contribution in [-0.2, 0) is 14.2 Å². The smallest absolute Gasteiger partial charge is 0.149 e. The lowest BCUT2D eigenvalue weighted by Crippen LogP contribution is -2.19. The molecular formula is C38H70O3. The number of unbranched alkanes of at least 4 members (excludes halogenated alkanes) is 16. The van der Waals surface area contributed by atoms with Gasteiger partial charge in [0.25, 0.3) is 0 Å². The molecule has 41 heavy (non-hydrogen) atoms. The van der Waals surface area contributed by atoms with Gasteiger partial charge in [0.15, 0.2) is 0 Å². The number of rotatable bonds is 34. The van der Waals surface area contributed by atoms with Crippen LogP contribution in [0.2, 0.25) is 0 Å². The molecular weight excluding hydrogens is 504 g/mol. The van der Waals surface area contributed by atoms with E-state index in [9.17, 15) is 0 Å². The van der Waals surface area contributed by atoms with Crippen LogP contribution in [0.15, 0.2) is 49.6 Å². The largest absolute Gasteiger partial charge is 0.352 e. The maximum absolute atomic E-state index is 6.19. The van der Waals surface area contributed by atoms with E-state index in [1.54, 1.807) is 0 Å². The third-order valence-corrected chi connectivity index (χ3v) is 7.87. The highest BCUT2D eigenvalue weighted by molar-refractivity contribution is 4.97. The van der Waals surface area contributed by atoms with Crippen molar-refractivity contribution in [2.24, 2.45) is 0 Å². The summed E-state index contributed by atoms with van der Waals surface area (Å²) in [6, 6.07) is 0. The molecule has 0 aromatic carbocycles. The first kappa shape index (κ1) is 39.8. The molecule has 2 atom stereocenters. The van der Waals surface area contributed by atoms with Gasteiger partial charge in [0.2, 0.25) is 0 Å². The molecule has 240 valence electrons. The third-order valence-electron chi connectivity index (χ3n) is 7.87. The molecule has 0 N–H and O–H groups in total. The Morgan fingerprint density at radius 2 is 0.805 bits per heavy atom. The van der Waals surface area contributed by atoms with Crippen LogP contribution in [-0.4, -0.2) is 25.8 Å². The van der Waals surface area contributed by atoms with E-state index in [4.69, 9.17) is 14.2 Å². The lowest BCUT2D eigenvalue weighted by atomic mass is 10.0. The van der Waals surface area contributed by atoms with Gasteiger partial charge in [0.05, 0.1) is 12.2 Å². The number of ether oxygens (including phenoxy) is 3. The maximum atomic E-state index is 6.19. The van der Waals surface area contributed by atoms with Crippen LogP contribution in [0.1, 0.15) is 168 Å². The Labute approximate surface area is 257 Å². The van der Waals surface area contributed by atoms with Crippen LogP contribution in [0.3, 0.4) is 0 Å². The van der Waals surface area contributed by atoms with Crippen molar-refractivity contribution in [3.05, 3.63) is 49.6 Å². The Morgan fingerprint density at radius 3 is 1.17 bits per heavy atom. The molecule has 0 saturated carbocycles. The summed E-state index contributed by atoms with van der Waals surface area (Å²) in [5, 5.41) is 0. The lowest BCUT2D eigenvalue weighted by molar-refractivity contribution is -0.168. The Hall–Kier alpha value is -1.16. The summed E-state index contributed by atoms with van der Waals surface area (Å²) in [6.07, 6.45) is 43.2. The van der Waals surface area contributed by atoms with Crippen molar-refractivity contribution >= 4 is 0 Å². The van der Waals surface area contributed by atoms with E-state index in [1.165, 1.54) is 128 Å². The molecule has 0 amide bonds. The quantitative estimate of drug-likeness (QED) is 0.0434. The standard InChI is InChI=1S/C38H70O3/c1-5-9-13-15-17-19-21-23-25-29-33-37(31-27-11-7-3)40-35-39-36-41-38(32-28-12-8-4)34-30-26-24-22-20-18-16-14-10-6-2/h5-6,9-10,13-14,37-38H,1-2,7-8,11-12,15-36H2,3-4H3. The summed E-state index contributed by atoms with van der Waals surface area (Å²) >= 11 is 0. The first-order valence-corrected chi connectivity index (χ1v) is 17.6. The number of hydrogen-bond donors (Lipinski definition) is 0. The van der Waals surface area contributed by atoms with Gasteiger partial charge < -0.3 is 14.2 Å². The molecule has 0 spiro atoms. The second-order valence-electron chi connectivity index (χ2n) is 11.7. The summed E-state index contributed by atoms with van der Waals surface area (Å²) in [4.78, 5) is 0. The SMILES string of the molecule is C=CC=CCCCCCCCCC(CCCCC)OCOCOC(CCCCC)CCCCCCCCC=CC=C. The van der Waals surface area contributed by atoms with Crippen molar-refractivity contribution in [2.75, 3.05) is 13.6 Å². The minimum Gasteiger partial charge on any atom is -0.352 e. The first-order chi connectivity index (χ1) is 20.3. The molecule has 3 nitrogen and oxygen atoms in total. The van der Waals surface area contributed by atoms with Crippen LogP contribution in [0.5, 0.6) is 0 Å². The van der Waals surface area contributed by atoms with Gasteiger partial charge >= 0.3 is 0 Å². The minimum absolute atomic E-state index is 0.323. The predicted octanol–water partition coefficient (Wildman–Crippen LogP) is 12.6. The average Bonchev–Trinajstić information content (AvgIpc) is 2.98. The van der Waals surface area contributed by atoms with Crippen LogP contribution in [0.4, 0.5) is 0 Å². The van der Waals surface area contributed by atoms with Crippen LogP contribution in [0.25, 0.3) is 0 Å². The van der Waals surface area contributed by atoms with E-state index in [2.05, 4.69) is 51.3 Å². The normalized spacial score (nSPS) is 13.3. The van der Waals surface area contributed by atoms with Gasteiger partial charge in [0, 0.05) is 0 Å². The zero-order valence-electron chi connectivity index (χ0n) is 27.6. The molecule has 0 radical (unpaired) electrons. The molecule has 3 heteroatoms. The van der Waals surface area contributed by atoms with Gasteiger partial charge in [-0.3, -0.25) is 0 Å². The molecule has 0 aromatic heterocycles. The summed E-state index contributed by atoms with van der Waals surface area (Å²) in [5.74, 6) is 0. The maximum Gasteiger partial charge on any atom is 0.149 e. The molecule has 0 rings (SSSR count). The minimum atomic E-state index is 0.323. The van der Waals surface area contributed by atoms with E-state index < -0.39 is 0 Å². The van der Waals surface area contributed by atoms with E-state index in [0.29, 0.717) is 25.8 Å². The Bertz CT molecular complexity index is 532. The zero-order valence-corrected chi connectivity index (χ0v) is 27.6. The van der Waals surface area contributed by atoms with Crippen molar-refractivity contribution in [1.82, 2.24) is 0 Å². The Balaban J connectivity index is 4.10.